The van der Waals surface area contributed by atoms with E-state index in [0.717, 1.165) is 0 Å². The first-order chi connectivity index (χ1) is 15.5. The van der Waals surface area contributed by atoms with E-state index in [1.807, 2.05) is 0 Å². The van der Waals surface area contributed by atoms with Crippen LogP contribution in [0.25, 0.3) is 0 Å². The molecule has 0 aromatic heterocycles. The third-order valence-electron chi connectivity index (χ3n) is 4.83. The third-order valence-corrected chi connectivity index (χ3v) is 4.83. The number of anilines is 1. The smallest absolute Gasteiger partial charge is 0.265 e. The predicted octanol–water partition coefficient (Wildman–Crippen LogP) is 2.36. The molecule has 1 N–H and O–H groups in total. The second kappa shape index (κ2) is 11.2. The highest BCUT2D eigenvalue weighted by Gasteiger charge is 2.26. The Labute approximate surface area is 185 Å². The summed E-state index contributed by atoms with van der Waals surface area (Å²) in [6.45, 7) is 0.691. The fraction of sp³-hybridized carbons (Fsp3) is 0.348. The van der Waals surface area contributed by atoms with E-state index in [1.54, 1.807) is 31.4 Å². The van der Waals surface area contributed by atoms with Gasteiger partial charge >= 0.3 is 0 Å². The molecule has 2 aromatic carbocycles. The molecule has 8 nitrogen and oxygen atoms in total. The molecule has 32 heavy (non-hydrogen) atoms. The van der Waals surface area contributed by atoms with Crippen LogP contribution in [0.15, 0.2) is 42.5 Å². The number of benzene rings is 2. The molecule has 2 amide bonds. The van der Waals surface area contributed by atoms with Crippen molar-refractivity contribution in [2.45, 2.75) is 12.8 Å². The summed E-state index contributed by atoms with van der Waals surface area (Å²) < 4.78 is 29.3. The molecule has 1 aliphatic heterocycles. The number of methoxy groups -OCH3 is 1. The van der Waals surface area contributed by atoms with E-state index < -0.39 is 5.82 Å². The number of para-hydroxylation sites is 1. The van der Waals surface area contributed by atoms with Gasteiger partial charge in [0.15, 0.2) is 30.6 Å². The molecule has 0 spiro atoms. The van der Waals surface area contributed by atoms with Gasteiger partial charge in [-0.2, -0.15) is 0 Å². The molecule has 0 saturated heterocycles. The van der Waals surface area contributed by atoms with E-state index >= 15 is 0 Å². The highest BCUT2D eigenvalue weighted by atomic mass is 19.1. The fourth-order valence-corrected chi connectivity index (χ4v) is 3.19. The monoisotopic (exact) mass is 444 g/mol. The number of amides is 2. The lowest BCUT2D eigenvalue weighted by molar-refractivity contribution is -0.123. The molecule has 0 fully saturated rings. The summed E-state index contributed by atoms with van der Waals surface area (Å²) in [6.07, 6.45) is 0.692. The average Bonchev–Trinajstić information content (AvgIpc) is 2.79. The minimum absolute atomic E-state index is 0.0114. The van der Waals surface area contributed by atoms with Gasteiger partial charge in [0.05, 0.1) is 12.3 Å². The number of rotatable bonds is 11. The zero-order chi connectivity index (χ0) is 22.9. The molecule has 0 saturated carbocycles. The van der Waals surface area contributed by atoms with Crippen molar-refractivity contribution in [3.05, 3.63) is 53.8 Å². The van der Waals surface area contributed by atoms with Crippen LogP contribution in [0.3, 0.4) is 0 Å². The van der Waals surface area contributed by atoms with Crippen molar-refractivity contribution in [3.63, 3.8) is 0 Å². The van der Waals surface area contributed by atoms with Gasteiger partial charge in [-0.25, -0.2) is 4.39 Å². The van der Waals surface area contributed by atoms with Gasteiger partial charge in [-0.15, -0.1) is 0 Å². The second-order valence-corrected chi connectivity index (χ2v) is 7.11. The summed E-state index contributed by atoms with van der Waals surface area (Å²) in [5, 5.41) is 2.73. The first-order valence-corrected chi connectivity index (χ1v) is 10.2. The zero-order valence-electron chi connectivity index (χ0n) is 17.8. The van der Waals surface area contributed by atoms with E-state index in [9.17, 15) is 18.8 Å². The highest BCUT2D eigenvalue weighted by Crippen LogP contribution is 2.33. The normalized spacial score (nSPS) is 12.7. The van der Waals surface area contributed by atoms with Crippen LogP contribution in [0, 0.1) is 5.82 Å². The first-order valence-electron chi connectivity index (χ1n) is 10.2. The summed E-state index contributed by atoms with van der Waals surface area (Å²) >= 11 is 0. The maximum atomic E-state index is 13.7. The molecule has 0 unspecified atom stereocenters. The van der Waals surface area contributed by atoms with Gasteiger partial charge in [0.25, 0.3) is 5.91 Å². The van der Waals surface area contributed by atoms with Crippen LogP contribution in [-0.2, 0) is 14.3 Å². The Morgan fingerprint density at radius 1 is 1.22 bits per heavy atom. The van der Waals surface area contributed by atoms with Crippen LogP contribution in [0.2, 0.25) is 0 Å². The number of nitrogens with one attached hydrogen (secondary N) is 1. The first kappa shape index (κ1) is 23.2. The number of nitrogens with zero attached hydrogens (tertiary/aromatic N) is 1. The van der Waals surface area contributed by atoms with Crippen LogP contribution in [0.1, 0.15) is 23.2 Å². The van der Waals surface area contributed by atoms with Crippen molar-refractivity contribution in [3.8, 4) is 11.5 Å². The fourth-order valence-electron chi connectivity index (χ4n) is 3.19. The number of fused-ring (bicyclic) bond motifs is 1. The van der Waals surface area contributed by atoms with Crippen LogP contribution >= 0.6 is 0 Å². The minimum Gasteiger partial charge on any atom is -0.482 e. The Hall–Kier alpha value is -3.46. The Balaban J connectivity index is 1.63. The largest absolute Gasteiger partial charge is 0.482 e. The van der Waals surface area contributed by atoms with Gasteiger partial charge in [0, 0.05) is 32.2 Å². The lowest BCUT2D eigenvalue weighted by Gasteiger charge is -2.29. The number of ether oxygens (including phenoxy) is 3. The molecule has 2 aromatic rings. The van der Waals surface area contributed by atoms with Gasteiger partial charge in [0.2, 0.25) is 5.91 Å². The molecule has 9 heteroatoms. The summed E-state index contributed by atoms with van der Waals surface area (Å²) in [5.74, 6) is -0.848. The Morgan fingerprint density at radius 2 is 2.03 bits per heavy atom. The number of carbonyl (C=O) groups is 3. The number of hydrogen-bond donors (Lipinski definition) is 1. The maximum absolute atomic E-state index is 13.7. The lowest BCUT2D eigenvalue weighted by atomic mass is 10.1. The van der Waals surface area contributed by atoms with Crippen LogP contribution in [0.5, 0.6) is 11.5 Å². The topological polar surface area (TPSA) is 94.2 Å². The van der Waals surface area contributed by atoms with Gasteiger partial charge in [-0.3, -0.25) is 14.4 Å². The average molecular weight is 444 g/mol. The van der Waals surface area contributed by atoms with Gasteiger partial charge in [-0.1, -0.05) is 12.1 Å². The molecule has 1 heterocycles. The molecule has 3 rings (SSSR count). The molecule has 0 atom stereocenters. The summed E-state index contributed by atoms with van der Waals surface area (Å²) in [5.41, 5.74) is 0.762. The SMILES string of the molecule is COCCNC(=O)CCCN1C(=O)COc2ccc(C(=O)COc3ccccc3F)cc21. The zero-order valence-corrected chi connectivity index (χ0v) is 17.8. The number of ketones is 1. The summed E-state index contributed by atoms with van der Waals surface area (Å²) in [7, 11) is 1.55. The Bertz CT molecular complexity index is 981. The van der Waals surface area contributed by atoms with Crippen LogP contribution in [-0.4, -0.2) is 57.6 Å². The number of hydrogen-bond acceptors (Lipinski definition) is 6. The molecular weight excluding hydrogens is 419 g/mol. The van der Waals surface area contributed by atoms with Crippen LogP contribution < -0.4 is 19.7 Å². The second-order valence-electron chi connectivity index (χ2n) is 7.11. The van der Waals surface area contributed by atoms with E-state index in [1.165, 1.54) is 23.1 Å². The maximum Gasteiger partial charge on any atom is 0.265 e. The molecule has 170 valence electrons. The predicted molar refractivity (Wildman–Crippen MR) is 115 cm³/mol. The number of Topliss-reactive ketones (excluding diaryl/α,β-unsaturated/α-hetero) is 1. The van der Waals surface area contributed by atoms with E-state index in [-0.39, 0.29) is 43.0 Å². The number of halogens is 1. The van der Waals surface area contributed by atoms with Gasteiger partial charge in [-0.05, 0) is 36.8 Å². The van der Waals surface area contributed by atoms with Crippen molar-refractivity contribution < 1.29 is 33.0 Å². The molecular formula is C23H25FN2O6. The summed E-state index contributed by atoms with van der Waals surface area (Å²) in [6, 6.07) is 10.6. The van der Waals surface area contributed by atoms with E-state index in [0.29, 0.717) is 43.1 Å². The van der Waals surface area contributed by atoms with E-state index in [4.69, 9.17) is 14.2 Å². The highest BCUT2D eigenvalue weighted by molar-refractivity contribution is 6.02. The van der Waals surface area contributed by atoms with Crippen molar-refractivity contribution in [1.82, 2.24) is 5.32 Å². The lowest BCUT2D eigenvalue weighted by Crippen LogP contribution is -2.40. The Kier molecular flexibility index (Phi) is 8.15. The van der Waals surface area contributed by atoms with Crippen molar-refractivity contribution in [2.24, 2.45) is 0 Å². The third kappa shape index (κ3) is 6.04. The van der Waals surface area contributed by atoms with Gasteiger partial charge < -0.3 is 24.4 Å². The quantitative estimate of drug-likeness (QED) is 0.422. The molecule has 0 bridgehead atoms. The van der Waals surface area contributed by atoms with Crippen LogP contribution in [0.4, 0.5) is 10.1 Å². The standard InChI is InChI=1S/C23H25FN2O6/c1-30-12-10-25-22(28)7-4-11-26-18-13-16(8-9-21(18)32-15-23(26)29)19(27)14-31-20-6-3-2-5-17(20)24/h2-3,5-6,8-9,13H,4,7,10-12,14-15H2,1H3,(H,25,28). The van der Waals surface area contributed by atoms with Gasteiger partial charge in [0.1, 0.15) is 5.75 Å². The molecule has 0 radical (unpaired) electrons. The van der Waals surface area contributed by atoms with Crippen molar-refractivity contribution >= 4 is 23.3 Å². The molecule has 1 aliphatic rings. The summed E-state index contributed by atoms with van der Waals surface area (Å²) in [4.78, 5) is 38.4. The van der Waals surface area contributed by atoms with E-state index in [2.05, 4.69) is 5.32 Å². The molecule has 0 aliphatic carbocycles. The minimum atomic E-state index is -0.554. The van der Waals surface area contributed by atoms with Crippen molar-refractivity contribution in [1.29, 1.82) is 0 Å². The Morgan fingerprint density at radius 3 is 2.81 bits per heavy atom. The number of carbonyl (C=O) groups excluding carboxylic acids is 3. The van der Waals surface area contributed by atoms with Crippen molar-refractivity contribution in [2.75, 3.05) is 44.9 Å².